The summed E-state index contributed by atoms with van der Waals surface area (Å²) in [4.78, 5) is 11.4. The molecule has 2 aromatic carbocycles. The molecule has 0 amide bonds. The molecule has 0 bridgehead atoms. The first-order valence-electron chi connectivity index (χ1n) is 6.49. The third-order valence-electron chi connectivity index (χ3n) is 3.14. The molecule has 0 aliphatic heterocycles. The number of ether oxygens (including phenoxy) is 1. The molecule has 0 aliphatic carbocycles. The fraction of sp³-hybridized carbons (Fsp3) is 0.188. The number of carboxylic acid groups (broad SMARTS) is 1. The lowest BCUT2D eigenvalue weighted by Gasteiger charge is -2.16. The molecular formula is C16H17NO4. The number of aliphatic carboxylic acids is 1. The lowest BCUT2D eigenvalue weighted by molar-refractivity contribution is -0.139. The van der Waals surface area contributed by atoms with Crippen LogP contribution < -0.4 is 10.1 Å². The molecule has 0 aliphatic rings. The molecule has 0 fully saturated rings. The van der Waals surface area contributed by atoms with Gasteiger partial charge in [0.2, 0.25) is 0 Å². The van der Waals surface area contributed by atoms with Gasteiger partial charge in [-0.05, 0) is 23.8 Å². The highest BCUT2D eigenvalue weighted by atomic mass is 16.5. The van der Waals surface area contributed by atoms with Crippen molar-refractivity contribution in [2.24, 2.45) is 0 Å². The normalized spacial score (nSPS) is 11.9. The van der Waals surface area contributed by atoms with Gasteiger partial charge in [0, 0.05) is 12.1 Å². The van der Waals surface area contributed by atoms with Crippen LogP contribution >= 0.6 is 0 Å². The van der Waals surface area contributed by atoms with Crippen molar-refractivity contribution in [3.8, 4) is 11.5 Å². The Labute approximate surface area is 122 Å². The van der Waals surface area contributed by atoms with Gasteiger partial charge in [-0.3, -0.25) is 10.1 Å². The van der Waals surface area contributed by atoms with E-state index in [1.807, 2.05) is 24.3 Å². The summed E-state index contributed by atoms with van der Waals surface area (Å²) in [5.41, 5.74) is 1.36. The molecular weight excluding hydrogens is 270 g/mol. The Morgan fingerprint density at radius 1 is 1.24 bits per heavy atom. The van der Waals surface area contributed by atoms with Gasteiger partial charge in [0.05, 0.1) is 7.11 Å². The molecule has 3 N–H and O–H groups in total. The van der Waals surface area contributed by atoms with E-state index in [9.17, 15) is 15.0 Å². The van der Waals surface area contributed by atoms with Gasteiger partial charge in [-0.15, -0.1) is 0 Å². The van der Waals surface area contributed by atoms with E-state index in [1.54, 1.807) is 19.2 Å². The Kier molecular flexibility index (Phi) is 4.79. The molecule has 1 unspecified atom stereocenters. The van der Waals surface area contributed by atoms with Gasteiger partial charge in [-0.1, -0.05) is 30.3 Å². The first kappa shape index (κ1) is 14.9. The van der Waals surface area contributed by atoms with E-state index in [0.29, 0.717) is 17.9 Å². The molecule has 2 aromatic rings. The third-order valence-corrected chi connectivity index (χ3v) is 3.14. The number of nitrogens with one attached hydrogen (secondary N) is 1. The number of phenols is 1. The average molecular weight is 287 g/mol. The van der Waals surface area contributed by atoms with Crippen molar-refractivity contribution in [2.75, 3.05) is 7.11 Å². The minimum atomic E-state index is -1.00. The van der Waals surface area contributed by atoms with Crippen LogP contribution in [0.5, 0.6) is 11.5 Å². The summed E-state index contributed by atoms with van der Waals surface area (Å²) in [5, 5.41) is 21.8. The Hall–Kier alpha value is -2.53. The van der Waals surface area contributed by atoms with E-state index in [1.165, 1.54) is 12.1 Å². The summed E-state index contributed by atoms with van der Waals surface area (Å²) in [6, 6.07) is 12.7. The van der Waals surface area contributed by atoms with Gasteiger partial charge in [-0.2, -0.15) is 0 Å². The van der Waals surface area contributed by atoms with E-state index >= 15 is 0 Å². The van der Waals surface area contributed by atoms with Crippen molar-refractivity contribution in [3.63, 3.8) is 0 Å². The van der Waals surface area contributed by atoms with Crippen LogP contribution in [0.25, 0.3) is 0 Å². The van der Waals surface area contributed by atoms with E-state index in [-0.39, 0.29) is 5.75 Å². The van der Waals surface area contributed by atoms with E-state index in [4.69, 9.17) is 4.74 Å². The zero-order valence-corrected chi connectivity index (χ0v) is 11.6. The van der Waals surface area contributed by atoms with Crippen molar-refractivity contribution in [3.05, 3.63) is 59.7 Å². The maximum atomic E-state index is 11.4. The van der Waals surface area contributed by atoms with Crippen molar-refractivity contribution in [1.82, 2.24) is 5.32 Å². The zero-order valence-electron chi connectivity index (χ0n) is 11.6. The summed E-state index contributed by atoms with van der Waals surface area (Å²) in [6.07, 6.45) is 0. The number of aromatic hydroxyl groups is 1. The van der Waals surface area contributed by atoms with Crippen LogP contribution in [0.3, 0.4) is 0 Å². The van der Waals surface area contributed by atoms with Crippen molar-refractivity contribution in [1.29, 1.82) is 0 Å². The van der Waals surface area contributed by atoms with Gasteiger partial charge in [-0.25, -0.2) is 0 Å². The topological polar surface area (TPSA) is 78.8 Å². The van der Waals surface area contributed by atoms with Crippen LogP contribution in [0.2, 0.25) is 0 Å². The van der Waals surface area contributed by atoms with E-state index < -0.39 is 12.0 Å². The highest BCUT2D eigenvalue weighted by Crippen LogP contribution is 2.21. The number of hydrogen-bond acceptors (Lipinski definition) is 4. The molecule has 0 radical (unpaired) electrons. The molecule has 2 rings (SSSR count). The second kappa shape index (κ2) is 6.76. The molecule has 0 saturated carbocycles. The zero-order chi connectivity index (χ0) is 15.2. The van der Waals surface area contributed by atoms with Crippen LogP contribution in [0.1, 0.15) is 17.2 Å². The average Bonchev–Trinajstić information content (AvgIpc) is 2.47. The molecule has 0 saturated heterocycles. The maximum Gasteiger partial charge on any atom is 0.325 e. The van der Waals surface area contributed by atoms with Crippen LogP contribution in [0.15, 0.2) is 48.5 Å². The number of rotatable bonds is 6. The predicted molar refractivity (Wildman–Crippen MR) is 78.3 cm³/mol. The molecule has 5 nitrogen and oxygen atoms in total. The quantitative estimate of drug-likeness (QED) is 0.760. The van der Waals surface area contributed by atoms with Crippen molar-refractivity contribution < 1.29 is 19.7 Å². The van der Waals surface area contributed by atoms with Crippen LogP contribution in [0, 0.1) is 0 Å². The first-order valence-corrected chi connectivity index (χ1v) is 6.49. The SMILES string of the molecule is COc1ccccc1CNC(C(=O)O)c1cccc(O)c1. The largest absolute Gasteiger partial charge is 0.508 e. The fourth-order valence-corrected chi connectivity index (χ4v) is 2.11. The summed E-state index contributed by atoms with van der Waals surface area (Å²) in [6.45, 7) is 0.344. The number of phenolic OH excluding ortho intramolecular Hbond substituents is 1. The smallest absolute Gasteiger partial charge is 0.325 e. The minimum absolute atomic E-state index is 0.0397. The van der Waals surface area contributed by atoms with Gasteiger partial charge >= 0.3 is 5.97 Å². The minimum Gasteiger partial charge on any atom is -0.508 e. The van der Waals surface area contributed by atoms with E-state index in [0.717, 1.165) is 5.56 Å². The Morgan fingerprint density at radius 3 is 2.67 bits per heavy atom. The van der Waals surface area contributed by atoms with Gasteiger partial charge in [0.1, 0.15) is 17.5 Å². The summed E-state index contributed by atoms with van der Waals surface area (Å²) in [7, 11) is 1.57. The maximum absolute atomic E-state index is 11.4. The number of carboxylic acids is 1. The Morgan fingerprint density at radius 2 is 2.00 bits per heavy atom. The van der Waals surface area contributed by atoms with Crippen LogP contribution in [-0.4, -0.2) is 23.3 Å². The van der Waals surface area contributed by atoms with Gasteiger partial charge in [0.25, 0.3) is 0 Å². The third kappa shape index (κ3) is 3.73. The van der Waals surface area contributed by atoms with Crippen LogP contribution in [-0.2, 0) is 11.3 Å². The number of carbonyl (C=O) groups is 1. The predicted octanol–water partition coefficient (Wildman–Crippen LogP) is 2.32. The van der Waals surface area contributed by atoms with Crippen LogP contribution in [0.4, 0.5) is 0 Å². The number of hydrogen-bond donors (Lipinski definition) is 3. The standard InChI is InChI=1S/C16H17NO4/c1-21-14-8-3-2-5-12(14)10-17-15(16(19)20)11-6-4-7-13(18)9-11/h2-9,15,17-18H,10H2,1H3,(H,19,20). The molecule has 0 spiro atoms. The number of para-hydroxylation sites is 1. The Balaban J connectivity index is 2.16. The highest BCUT2D eigenvalue weighted by molar-refractivity contribution is 5.75. The highest BCUT2D eigenvalue weighted by Gasteiger charge is 2.20. The first-order chi connectivity index (χ1) is 10.1. The fourth-order valence-electron chi connectivity index (χ4n) is 2.11. The molecule has 0 heterocycles. The van der Waals surface area contributed by atoms with Gasteiger partial charge in [0.15, 0.2) is 0 Å². The number of benzene rings is 2. The molecule has 21 heavy (non-hydrogen) atoms. The van der Waals surface area contributed by atoms with Crippen molar-refractivity contribution >= 4 is 5.97 Å². The second-order valence-corrected chi connectivity index (χ2v) is 4.56. The Bertz CT molecular complexity index is 627. The lowest BCUT2D eigenvalue weighted by Crippen LogP contribution is -2.28. The summed E-state index contributed by atoms with van der Waals surface area (Å²) >= 11 is 0. The molecule has 5 heteroatoms. The monoisotopic (exact) mass is 287 g/mol. The molecule has 0 aromatic heterocycles. The lowest BCUT2D eigenvalue weighted by atomic mass is 10.1. The van der Waals surface area contributed by atoms with Gasteiger partial charge < -0.3 is 14.9 Å². The molecule has 110 valence electrons. The van der Waals surface area contributed by atoms with E-state index in [2.05, 4.69) is 5.32 Å². The second-order valence-electron chi connectivity index (χ2n) is 4.56. The number of methoxy groups -OCH3 is 1. The molecule has 1 atom stereocenters. The summed E-state index contributed by atoms with van der Waals surface area (Å²) in [5.74, 6) is -0.265. The van der Waals surface area contributed by atoms with Crippen molar-refractivity contribution in [2.45, 2.75) is 12.6 Å². The summed E-state index contributed by atoms with van der Waals surface area (Å²) < 4.78 is 5.24.